The Balaban J connectivity index is 1.19. The van der Waals surface area contributed by atoms with E-state index in [0.29, 0.717) is 16.8 Å². The lowest BCUT2D eigenvalue weighted by atomic mass is 9.79. The lowest BCUT2D eigenvalue weighted by Crippen LogP contribution is -2.16. The van der Waals surface area contributed by atoms with E-state index in [0.717, 1.165) is 33.0 Å². The third-order valence-corrected chi connectivity index (χ3v) is 11.0. The average molecular weight is 724 g/mol. The molecule has 0 aromatic heterocycles. The molecule has 9 aromatic rings. The van der Waals surface area contributed by atoms with Crippen LogP contribution in [0.5, 0.6) is 0 Å². The molecular weight excluding hydrogens is 675 g/mol. The number of nitrogens with zero attached hydrogens (tertiary/aromatic N) is 1. The van der Waals surface area contributed by atoms with Crippen LogP contribution in [0.2, 0.25) is 0 Å². The number of hydrogen-bond acceptors (Lipinski definition) is 1. The highest BCUT2D eigenvalue weighted by molar-refractivity contribution is 5.97. The summed E-state index contributed by atoms with van der Waals surface area (Å²) >= 11 is 0. The monoisotopic (exact) mass is 723 g/mol. The van der Waals surface area contributed by atoms with Crippen LogP contribution in [0.25, 0.3) is 66.4 Å². The van der Waals surface area contributed by atoms with Crippen LogP contribution in [-0.4, -0.2) is 0 Å². The predicted molar refractivity (Wildman–Crippen MR) is 238 cm³/mol. The van der Waals surface area contributed by atoms with Crippen molar-refractivity contribution in [2.75, 3.05) is 4.90 Å². The van der Waals surface area contributed by atoms with Crippen LogP contribution in [0, 0.1) is 0 Å². The second kappa shape index (κ2) is 13.7. The van der Waals surface area contributed by atoms with Crippen LogP contribution in [0.4, 0.5) is 17.1 Å². The number of anilines is 3. The van der Waals surface area contributed by atoms with Gasteiger partial charge in [0.25, 0.3) is 0 Å². The summed E-state index contributed by atoms with van der Waals surface area (Å²) in [4.78, 5) is 1.42. The largest absolute Gasteiger partial charge is 0.310 e. The van der Waals surface area contributed by atoms with Gasteiger partial charge in [0.2, 0.25) is 0 Å². The van der Waals surface area contributed by atoms with E-state index in [4.69, 9.17) is 1.37 Å². The van der Waals surface area contributed by atoms with Gasteiger partial charge in [-0.15, -0.1) is 0 Å². The zero-order valence-electron chi connectivity index (χ0n) is 39.0. The van der Waals surface area contributed by atoms with Gasteiger partial charge >= 0.3 is 0 Å². The summed E-state index contributed by atoms with van der Waals surface area (Å²) in [7, 11) is 0. The fraction of sp³-hybridized carbons (Fsp3) is 0.0545. The molecule has 0 heterocycles. The smallest absolute Gasteiger partial charge is 0.0651 e. The van der Waals surface area contributed by atoms with Crippen LogP contribution in [0.15, 0.2) is 212 Å². The van der Waals surface area contributed by atoms with E-state index in [2.05, 4.69) is 56.3 Å². The number of fused-ring (bicyclic) bond motifs is 4. The maximum absolute atomic E-state index is 9.87. The molecule has 9 aromatic carbocycles. The number of rotatable bonds is 7. The zero-order valence-corrected chi connectivity index (χ0v) is 31.0. The summed E-state index contributed by atoms with van der Waals surface area (Å²) < 4.78 is 75.7. The summed E-state index contributed by atoms with van der Waals surface area (Å²) in [5.74, 6) is 0. The lowest BCUT2D eigenvalue weighted by Gasteiger charge is -2.27. The van der Waals surface area contributed by atoms with Gasteiger partial charge in [-0.3, -0.25) is 0 Å². The Bertz CT molecular complexity index is 3290. The molecule has 0 spiro atoms. The van der Waals surface area contributed by atoms with Crippen molar-refractivity contribution in [2.24, 2.45) is 0 Å². The molecule has 0 N–H and O–H groups in total. The first kappa shape index (κ1) is 26.0. The van der Waals surface area contributed by atoms with Crippen molar-refractivity contribution in [1.82, 2.24) is 0 Å². The fourth-order valence-corrected chi connectivity index (χ4v) is 8.29. The molecule has 10 rings (SSSR count). The molecule has 1 aliphatic rings. The average Bonchev–Trinajstić information content (AvgIpc) is 3.56. The number of benzene rings is 9. The molecular formula is C55H41N. The van der Waals surface area contributed by atoms with Crippen LogP contribution < -0.4 is 4.90 Å². The Morgan fingerprint density at radius 3 is 1.79 bits per heavy atom. The maximum atomic E-state index is 9.87. The Morgan fingerprint density at radius 1 is 0.393 bits per heavy atom. The topological polar surface area (TPSA) is 3.24 Å². The molecule has 56 heavy (non-hydrogen) atoms. The summed E-state index contributed by atoms with van der Waals surface area (Å²) in [5.41, 5.74) is 9.76. The van der Waals surface area contributed by atoms with Gasteiger partial charge in [-0.25, -0.2) is 0 Å². The van der Waals surface area contributed by atoms with Gasteiger partial charge in [-0.1, -0.05) is 190 Å². The van der Waals surface area contributed by atoms with Crippen molar-refractivity contribution < 1.29 is 11.0 Å². The van der Waals surface area contributed by atoms with Crippen molar-refractivity contribution in [3.63, 3.8) is 0 Å². The first-order valence-electron chi connectivity index (χ1n) is 22.9. The van der Waals surface area contributed by atoms with Gasteiger partial charge in [-0.2, -0.15) is 0 Å². The summed E-state index contributed by atoms with van der Waals surface area (Å²) in [6.45, 7) is 4.46. The molecule has 0 bridgehead atoms. The normalized spacial score (nSPS) is 14.6. The van der Waals surface area contributed by atoms with Crippen LogP contribution in [0.3, 0.4) is 0 Å². The summed E-state index contributed by atoms with van der Waals surface area (Å²) in [6, 6.07) is 49.9. The molecule has 0 radical (unpaired) electrons. The second-order valence-electron chi connectivity index (χ2n) is 14.7. The third kappa shape index (κ3) is 5.81. The van der Waals surface area contributed by atoms with E-state index in [-0.39, 0.29) is 64.2 Å². The quantitative estimate of drug-likeness (QED) is 0.158. The molecule has 0 amide bonds. The van der Waals surface area contributed by atoms with E-state index in [1.54, 1.807) is 30.3 Å². The number of hydrogen-bond donors (Lipinski definition) is 0. The molecule has 0 fully saturated rings. The molecule has 0 unspecified atom stereocenters. The van der Waals surface area contributed by atoms with Crippen molar-refractivity contribution in [3.05, 3.63) is 223 Å². The van der Waals surface area contributed by atoms with Gasteiger partial charge in [0.05, 0.1) is 11.0 Å². The Labute approximate surface area is 341 Å². The first-order valence-corrected chi connectivity index (χ1v) is 18.9. The van der Waals surface area contributed by atoms with Gasteiger partial charge in [0.15, 0.2) is 0 Å². The minimum Gasteiger partial charge on any atom is -0.310 e. The molecule has 0 saturated carbocycles. The Morgan fingerprint density at radius 2 is 0.982 bits per heavy atom. The van der Waals surface area contributed by atoms with E-state index >= 15 is 0 Å². The predicted octanol–water partition coefficient (Wildman–Crippen LogP) is 15.3. The third-order valence-electron chi connectivity index (χ3n) is 11.0. The van der Waals surface area contributed by atoms with Crippen LogP contribution in [0.1, 0.15) is 35.9 Å². The van der Waals surface area contributed by atoms with E-state index < -0.39 is 12.1 Å². The van der Waals surface area contributed by atoms with E-state index in [9.17, 15) is 9.60 Å². The van der Waals surface area contributed by atoms with Crippen LogP contribution >= 0.6 is 0 Å². The molecule has 0 aliphatic heterocycles. The minimum atomic E-state index is -0.444. The minimum absolute atomic E-state index is 0.117. The molecule has 0 saturated heterocycles. The molecule has 1 aliphatic carbocycles. The van der Waals surface area contributed by atoms with Gasteiger partial charge in [-0.05, 0) is 114 Å². The van der Waals surface area contributed by atoms with Gasteiger partial charge in [0, 0.05) is 22.5 Å². The maximum Gasteiger partial charge on any atom is 0.0651 e. The van der Waals surface area contributed by atoms with E-state index in [1.807, 2.05) is 91.0 Å². The van der Waals surface area contributed by atoms with Crippen molar-refractivity contribution in [3.8, 4) is 55.6 Å². The standard InChI is InChI=1S/C55H41N/c1-55(2)53-24-9-8-20-51(53)52-23-12-22-50(54(52)55)43-31-35-46(36-32-43)56(47-18-10-17-44(37-47)49-21-11-16-42-15-6-7-19-48(42)49)45-33-29-41(30-34-45)40-27-25-39(26-28-40)38-13-4-3-5-14-38/h3-37H,1-2H3/i10D,17D,18D,29D,30D,33D,34D,37D. The first-order chi connectivity index (χ1) is 30.9. The van der Waals surface area contributed by atoms with E-state index in [1.165, 1.54) is 27.2 Å². The molecule has 0 atom stereocenters. The molecule has 1 heteroatoms. The molecule has 266 valence electrons. The summed E-state index contributed by atoms with van der Waals surface area (Å²) in [6.07, 6.45) is 0. The second-order valence-corrected chi connectivity index (χ2v) is 14.7. The fourth-order valence-electron chi connectivity index (χ4n) is 8.29. The van der Waals surface area contributed by atoms with Crippen molar-refractivity contribution in [1.29, 1.82) is 0 Å². The Hall–Kier alpha value is -6.96. The van der Waals surface area contributed by atoms with Crippen molar-refractivity contribution in [2.45, 2.75) is 19.3 Å². The highest BCUT2D eigenvalue weighted by Gasteiger charge is 2.37. The zero-order chi connectivity index (χ0) is 44.6. The lowest BCUT2D eigenvalue weighted by molar-refractivity contribution is 0.662. The Kier molecular flexibility index (Phi) is 6.36. The highest BCUT2D eigenvalue weighted by atomic mass is 15.1. The summed E-state index contributed by atoms with van der Waals surface area (Å²) in [5, 5.41) is 1.64. The van der Waals surface area contributed by atoms with Crippen LogP contribution in [-0.2, 0) is 5.41 Å². The highest BCUT2D eigenvalue weighted by Crippen LogP contribution is 2.52. The van der Waals surface area contributed by atoms with Gasteiger partial charge in [0.1, 0.15) is 0 Å². The van der Waals surface area contributed by atoms with Crippen molar-refractivity contribution >= 4 is 27.8 Å². The molecule has 1 nitrogen and oxygen atoms in total. The SMILES string of the molecule is [2H]c1c([2H])c(-c2cccc3ccccc23)c([2H])c(N(c2ccc(-c3cccc4c3C(C)(C)c3ccccc3-4)cc2)c2c([2H])c([2H])c(-c3ccc(-c4ccccc4)cc3)c([2H])c2[2H])c1[2H]. The van der Waals surface area contributed by atoms with Gasteiger partial charge < -0.3 is 4.90 Å².